The molecule has 0 aliphatic carbocycles. The molecule has 1 unspecified atom stereocenters. The zero-order chi connectivity index (χ0) is 16.2. The van der Waals surface area contributed by atoms with Crippen molar-refractivity contribution in [3.05, 3.63) is 28.0 Å². The van der Waals surface area contributed by atoms with E-state index in [0.29, 0.717) is 17.0 Å². The zero-order valence-corrected chi connectivity index (χ0v) is 13.1. The summed E-state index contributed by atoms with van der Waals surface area (Å²) >= 11 is 6.10. The molecule has 2 aliphatic rings. The number of nitrogens with zero attached hydrogens (tertiary/aromatic N) is 1. The molecule has 0 saturated carbocycles. The molecule has 22 heavy (non-hydrogen) atoms. The molecule has 1 aromatic carbocycles. The lowest BCUT2D eigenvalue weighted by Gasteiger charge is -2.22. The summed E-state index contributed by atoms with van der Waals surface area (Å²) in [5.74, 6) is -1.31. The molecule has 2 aliphatic heterocycles. The standard InChI is InChI=1S/C15H15ClFN3O2/c1-6-4-9(21)19-20-12(6)7-5-8-13(10(16)11(7)17)18-14(22)15(8,2)3/h5-6H,4H2,1-3H3,(H,18,22)(H,19,21). The van der Waals surface area contributed by atoms with E-state index in [1.807, 2.05) is 0 Å². The van der Waals surface area contributed by atoms with E-state index >= 15 is 0 Å². The number of anilines is 1. The highest BCUT2D eigenvalue weighted by Gasteiger charge is 2.41. The van der Waals surface area contributed by atoms with Crippen molar-refractivity contribution in [1.29, 1.82) is 0 Å². The van der Waals surface area contributed by atoms with Crippen LogP contribution in [0.25, 0.3) is 0 Å². The van der Waals surface area contributed by atoms with Gasteiger partial charge in [-0.3, -0.25) is 9.59 Å². The van der Waals surface area contributed by atoms with Gasteiger partial charge in [0.1, 0.15) is 5.02 Å². The van der Waals surface area contributed by atoms with Gasteiger partial charge in [-0.2, -0.15) is 5.10 Å². The van der Waals surface area contributed by atoms with E-state index in [-0.39, 0.29) is 34.7 Å². The van der Waals surface area contributed by atoms with E-state index in [2.05, 4.69) is 15.8 Å². The minimum absolute atomic E-state index is 0.127. The summed E-state index contributed by atoms with van der Waals surface area (Å²) < 4.78 is 14.6. The average molecular weight is 324 g/mol. The van der Waals surface area contributed by atoms with Crippen LogP contribution in [-0.4, -0.2) is 17.5 Å². The average Bonchev–Trinajstić information content (AvgIpc) is 2.66. The number of fused-ring (bicyclic) bond motifs is 1. The maximum atomic E-state index is 14.6. The fourth-order valence-electron chi connectivity index (χ4n) is 2.80. The van der Waals surface area contributed by atoms with E-state index in [0.717, 1.165) is 0 Å². The topological polar surface area (TPSA) is 70.6 Å². The van der Waals surface area contributed by atoms with E-state index < -0.39 is 11.2 Å². The number of nitrogens with one attached hydrogen (secondary N) is 2. The van der Waals surface area contributed by atoms with Crippen LogP contribution in [0.1, 0.15) is 38.3 Å². The van der Waals surface area contributed by atoms with Gasteiger partial charge in [0.2, 0.25) is 11.8 Å². The van der Waals surface area contributed by atoms with Crippen LogP contribution in [0.4, 0.5) is 10.1 Å². The van der Waals surface area contributed by atoms with Gasteiger partial charge in [-0.05, 0) is 25.5 Å². The second-order valence-electron chi connectivity index (χ2n) is 6.19. The van der Waals surface area contributed by atoms with Gasteiger partial charge in [-0.1, -0.05) is 18.5 Å². The van der Waals surface area contributed by atoms with Gasteiger partial charge < -0.3 is 5.32 Å². The number of halogens is 2. The van der Waals surface area contributed by atoms with E-state index in [9.17, 15) is 14.0 Å². The van der Waals surface area contributed by atoms with Crippen molar-refractivity contribution in [2.24, 2.45) is 11.0 Å². The number of benzene rings is 1. The van der Waals surface area contributed by atoms with Crippen molar-refractivity contribution in [3.8, 4) is 0 Å². The summed E-state index contributed by atoms with van der Waals surface area (Å²) in [4.78, 5) is 23.4. The smallest absolute Gasteiger partial charge is 0.240 e. The first-order valence-electron chi connectivity index (χ1n) is 6.94. The third-order valence-corrected chi connectivity index (χ3v) is 4.58. The predicted molar refractivity (Wildman–Crippen MR) is 81.5 cm³/mol. The lowest BCUT2D eigenvalue weighted by Crippen LogP contribution is -2.32. The maximum Gasteiger partial charge on any atom is 0.240 e. The van der Waals surface area contributed by atoms with Gasteiger partial charge in [0.15, 0.2) is 5.82 Å². The third-order valence-electron chi connectivity index (χ3n) is 4.22. The van der Waals surface area contributed by atoms with Crippen molar-refractivity contribution in [2.45, 2.75) is 32.6 Å². The number of amides is 2. The summed E-state index contributed by atoms with van der Waals surface area (Å²) in [5, 5.41) is 6.47. The fourth-order valence-corrected chi connectivity index (χ4v) is 3.05. The van der Waals surface area contributed by atoms with E-state index in [4.69, 9.17) is 11.6 Å². The predicted octanol–water partition coefficient (Wildman–Crippen LogP) is 2.57. The van der Waals surface area contributed by atoms with Crippen molar-refractivity contribution in [3.63, 3.8) is 0 Å². The van der Waals surface area contributed by atoms with Crippen LogP contribution >= 0.6 is 11.6 Å². The molecule has 7 heteroatoms. The molecule has 116 valence electrons. The lowest BCUT2D eigenvalue weighted by atomic mass is 9.83. The van der Waals surface area contributed by atoms with Crippen LogP contribution < -0.4 is 10.7 Å². The highest BCUT2D eigenvalue weighted by Crippen LogP contribution is 2.44. The van der Waals surface area contributed by atoms with Crippen LogP contribution in [0.3, 0.4) is 0 Å². The van der Waals surface area contributed by atoms with Crippen LogP contribution in [0, 0.1) is 11.7 Å². The largest absolute Gasteiger partial charge is 0.324 e. The monoisotopic (exact) mass is 323 g/mol. The number of hydrogen-bond acceptors (Lipinski definition) is 3. The minimum atomic E-state index is -0.802. The van der Waals surface area contributed by atoms with E-state index in [1.54, 1.807) is 26.8 Å². The normalized spacial score (nSPS) is 22.8. The highest BCUT2D eigenvalue weighted by atomic mass is 35.5. The first-order chi connectivity index (χ1) is 10.2. The van der Waals surface area contributed by atoms with Crippen LogP contribution in [0.2, 0.25) is 5.02 Å². The van der Waals surface area contributed by atoms with Gasteiger partial charge in [-0.15, -0.1) is 0 Å². The maximum absolute atomic E-state index is 14.6. The first kappa shape index (κ1) is 15.0. The SMILES string of the molecule is CC1CC(=O)NN=C1c1cc2c(c(Cl)c1F)NC(=O)C2(C)C. The van der Waals surface area contributed by atoms with Crippen LogP contribution in [-0.2, 0) is 15.0 Å². The van der Waals surface area contributed by atoms with Gasteiger partial charge in [0.25, 0.3) is 0 Å². The molecule has 0 aromatic heterocycles. The lowest BCUT2D eigenvalue weighted by molar-refractivity contribution is -0.122. The van der Waals surface area contributed by atoms with Crippen LogP contribution in [0.15, 0.2) is 11.2 Å². The molecular weight excluding hydrogens is 309 g/mol. The van der Waals surface area contributed by atoms with Gasteiger partial charge >= 0.3 is 0 Å². The van der Waals surface area contributed by atoms with Crippen molar-refractivity contribution in [1.82, 2.24) is 5.43 Å². The number of carbonyl (C=O) groups excluding carboxylic acids is 2. The van der Waals surface area contributed by atoms with Crippen molar-refractivity contribution in [2.75, 3.05) is 5.32 Å². The summed E-state index contributed by atoms with van der Waals surface area (Å²) in [5.41, 5.74) is 3.15. The second-order valence-corrected chi connectivity index (χ2v) is 6.57. The Hall–Kier alpha value is -1.95. The second kappa shape index (κ2) is 4.78. The highest BCUT2D eigenvalue weighted by molar-refractivity contribution is 6.35. The number of carbonyl (C=O) groups is 2. The molecular formula is C15H15ClFN3O2. The Balaban J connectivity index is 2.20. The molecule has 1 atom stereocenters. The van der Waals surface area contributed by atoms with Crippen LogP contribution in [0.5, 0.6) is 0 Å². The third kappa shape index (κ3) is 2.01. The molecule has 2 heterocycles. The Morgan fingerprint density at radius 3 is 2.73 bits per heavy atom. The molecule has 1 aromatic rings. The molecule has 0 saturated heterocycles. The zero-order valence-electron chi connectivity index (χ0n) is 12.4. The minimum Gasteiger partial charge on any atom is -0.324 e. The Morgan fingerprint density at radius 2 is 2.09 bits per heavy atom. The Morgan fingerprint density at radius 1 is 1.41 bits per heavy atom. The Labute approximate surface area is 131 Å². The molecule has 0 spiro atoms. The summed E-state index contributed by atoms with van der Waals surface area (Å²) in [6.07, 6.45) is 0.230. The van der Waals surface area contributed by atoms with E-state index in [1.165, 1.54) is 0 Å². The molecule has 0 fully saturated rings. The van der Waals surface area contributed by atoms with Gasteiger partial charge in [0.05, 0.1) is 16.8 Å². The summed E-state index contributed by atoms with van der Waals surface area (Å²) in [6.45, 7) is 5.30. The molecule has 2 N–H and O–H groups in total. The Kier molecular flexibility index (Phi) is 3.25. The molecule has 0 radical (unpaired) electrons. The number of hydrogen-bond donors (Lipinski definition) is 2. The van der Waals surface area contributed by atoms with Gasteiger partial charge in [-0.25, -0.2) is 9.82 Å². The fraction of sp³-hybridized carbons (Fsp3) is 0.400. The summed E-state index contributed by atoms with van der Waals surface area (Å²) in [6, 6.07) is 1.60. The Bertz CT molecular complexity index is 743. The molecule has 5 nitrogen and oxygen atoms in total. The molecule has 2 amide bonds. The molecule has 3 rings (SSSR count). The van der Waals surface area contributed by atoms with Gasteiger partial charge in [0, 0.05) is 17.9 Å². The van der Waals surface area contributed by atoms with Crippen molar-refractivity contribution < 1.29 is 14.0 Å². The summed E-state index contributed by atoms with van der Waals surface area (Å²) in [7, 11) is 0. The molecule has 0 bridgehead atoms. The quantitative estimate of drug-likeness (QED) is 0.834. The number of hydrazone groups is 1. The van der Waals surface area contributed by atoms with Crippen molar-refractivity contribution >= 4 is 34.8 Å². The number of rotatable bonds is 1. The first-order valence-corrected chi connectivity index (χ1v) is 7.32.